The number of anilines is 1. The molecule has 1 aromatic heterocycles. The van der Waals surface area contributed by atoms with E-state index in [1.54, 1.807) is 11.3 Å². The number of rotatable bonds is 5. The van der Waals surface area contributed by atoms with Crippen LogP contribution in [0, 0.1) is 25.7 Å². The summed E-state index contributed by atoms with van der Waals surface area (Å²) in [5.41, 5.74) is 1.02. The molecule has 2 rings (SSSR count). The van der Waals surface area contributed by atoms with Crippen LogP contribution in [0.5, 0.6) is 0 Å². The fraction of sp³-hybridized carbons (Fsp3) is 0.750. The van der Waals surface area contributed by atoms with Gasteiger partial charge in [-0.05, 0) is 45.4 Å². The van der Waals surface area contributed by atoms with E-state index in [-0.39, 0.29) is 11.8 Å². The van der Waals surface area contributed by atoms with Crippen molar-refractivity contribution in [2.24, 2.45) is 11.8 Å². The number of nitrogens with zero attached hydrogens (tertiary/aromatic N) is 1. The Balaban J connectivity index is 1.80. The molecule has 112 valence electrons. The van der Waals surface area contributed by atoms with Gasteiger partial charge in [0.05, 0.1) is 5.69 Å². The fourth-order valence-corrected chi connectivity index (χ4v) is 3.76. The van der Waals surface area contributed by atoms with Crippen molar-refractivity contribution < 1.29 is 4.79 Å². The maximum Gasteiger partial charge on any atom is 0.229 e. The maximum atomic E-state index is 12.3. The number of amides is 1. The van der Waals surface area contributed by atoms with E-state index in [0.717, 1.165) is 29.6 Å². The van der Waals surface area contributed by atoms with Crippen molar-refractivity contribution in [2.45, 2.75) is 65.7 Å². The van der Waals surface area contributed by atoms with E-state index in [9.17, 15) is 4.79 Å². The fourth-order valence-electron chi connectivity index (χ4n) is 2.94. The van der Waals surface area contributed by atoms with Crippen LogP contribution in [0.4, 0.5) is 5.13 Å². The second kappa shape index (κ2) is 7.21. The summed E-state index contributed by atoms with van der Waals surface area (Å²) in [5.74, 6) is 1.22. The highest BCUT2D eigenvalue weighted by atomic mass is 32.1. The van der Waals surface area contributed by atoms with Crippen molar-refractivity contribution in [3.8, 4) is 0 Å². The lowest BCUT2D eigenvalue weighted by Gasteiger charge is -2.27. The Labute approximate surface area is 126 Å². The van der Waals surface area contributed by atoms with Gasteiger partial charge in [0.25, 0.3) is 0 Å². The van der Waals surface area contributed by atoms with Crippen molar-refractivity contribution >= 4 is 22.4 Å². The molecule has 0 atom stereocenters. The van der Waals surface area contributed by atoms with E-state index < -0.39 is 0 Å². The first-order valence-electron chi connectivity index (χ1n) is 7.85. The third-order valence-electron chi connectivity index (χ3n) is 4.44. The molecule has 0 bridgehead atoms. The van der Waals surface area contributed by atoms with Gasteiger partial charge < -0.3 is 5.32 Å². The van der Waals surface area contributed by atoms with Gasteiger partial charge >= 0.3 is 0 Å². The first kappa shape index (κ1) is 15.5. The topological polar surface area (TPSA) is 42.0 Å². The van der Waals surface area contributed by atoms with E-state index in [1.165, 1.54) is 37.0 Å². The number of unbranched alkanes of at least 4 members (excludes halogenated alkanes) is 1. The summed E-state index contributed by atoms with van der Waals surface area (Å²) in [5, 5.41) is 3.76. The second-order valence-electron chi connectivity index (χ2n) is 6.01. The van der Waals surface area contributed by atoms with Gasteiger partial charge in [-0.2, -0.15) is 0 Å². The minimum Gasteiger partial charge on any atom is -0.302 e. The number of nitrogens with one attached hydrogen (secondary N) is 1. The molecule has 1 heterocycles. The van der Waals surface area contributed by atoms with Gasteiger partial charge in [0.1, 0.15) is 0 Å². The molecule has 1 aromatic rings. The molecule has 0 spiro atoms. The number of carbonyl (C=O) groups excluding carboxylic acids is 1. The summed E-state index contributed by atoms with van der Waals surface area (Å²) in [4.78, 5) is 17.8. The van der Waals surface area contributed by atoms with Crippen molar-refractivity contribution in [1.82, 2.24) is 4.98 Å². The zero-order chi connectivity index (χ0) is 14.5. The zero-order valence-electron chi connectivity index (χ0n) is 12.9. The summed E-state index contributed by atoms with van der Waals surface area (Å²) in [6.45, 7) is 6.28. The lowest BCUT2D eigenvalue weighted by Crippen LogP contribution is -2.27. The normalized spacial score (nSPS) is 22.8. The summed E-state index contributed by atoms with van der Waals surface area (Å²) in [6.07, 6.45) is 8.48. The standard InChI is InChI=1S/C16H26N2OS/c1-4-5-6-13-7-9-14(10-8-13)15(19)18-16-17-11(2)12(3)20-16/h13-14H,4-10H2,1-3H3,(H,17,18,19). The molecule has 1 N–H and O–H groups in total. The van der Waals surface area contributed by atoms with E-state index in [0.29, 0.717) is 0 Å². The number of carbonyl (C=O) groups is 1. The molecule has 3 nitrogen and oxygen atoms in total. The molecule has 1 fully saturated rings. The molecule has 1 aliphatic rings. The predicted molar refractivity (Wildman–Crippen MR) is 85.2 cm³/mol. The van der Waals surface area contributed by atoms with Gasteiger partial charge in [-0.1, -0.05) is 26.2 Å². The van der Waals surface area contributed by atoms with Gasteiger partial charge in [-0.15, -0.1) is 11.3 Å². The monoisotopic (exact) mass is 294 g/mol. The summed E-state index contributed by atoms with van der Waals surface area (Å²) >= 11 is 1.58. The molecule has 1 amide bonds. The lowest BCUT2D eigenvalue weighted by atomic mass is 9.79. The number of aryl methyl sites for hydroxylation is 2. The molecule has 20 heavy (non-hydrogen) atoms. The van der Waals surface area contributed by atoms with Crippen LogP contribution in [0.15, 0.2) is 0 Å². The third kappa shape index (κ3) is 4.05. The molecular formula is C16H26N2OS. The Morgan fingerprint density at radius 1 is 1.30 bits per heavy atom. The van der Waals surface area contributed by atoms with Gasteiger partial charge in [0.2, 0.25) is 5.91 Å². The SMILES string of the molecule is CCCCC1CCC(C(=O)Nc2nc(C)c(C)s2)CC1. The van der Waals surface area contributed by atoms with E-state index in [2.05, 4.69) is 17.2 Å². The molecule has 1 saturated carbocycles. The average Bonchev–Trinajstić information content (AvgIpc) is 2.75. The van der Waals surface area contributed by atoms with Crippen molar-refractivity contribution in [3.63, 3.8) is 0 Å². The van der Waals surface area contributed by atoms with Crippen molar-refractivity contribution in [1.29, 1.82) is 0 Å². The van der Waals surface area contributed by atoms with Crippen LogP contribution in [-0.2, 0) is 4.79 Å². The van der Waals surface area contributed by atoms with Crippen molar-refractivity contribution in [3.05, 3.63) is 10.6 Å². The molecule has 0 aromatic carbocycles. The largest absolute Gasteiger partial charge is 0.302 e. The van der Waals surface area contributed by atoms with Gasteiger partial charge in [-0.3, -0.25) is 4.79 Å². The summed E-state index contributed by atoms with van der Waals surface area (Å²) < 4.78 is 0. The Hall–Kier alpha value is -0.900. The Morgan fingerprint density at radius 3 is 2.55 bits per heavy atom. The average molecular weight is 294 g/mol. The van der Waals surface area contributed by atoms with E-state index >= 15 is 0 Å². The van der Waals surface area contributed by atoms with E-state index in [4.69, 9.17) is 0 Å². The molecule has 0 saturated heterocycles. The third-order valence-corrected chi connectivity index (χ3v) is 5.43. The quantitative estimate of drug-likeness (QED) is 0.855. The maximum absolute atomic E-state index is 12.3. The Morgan fingerprint density at radius 2 is 2.00 bits per heavy atom. The lowest BCUT2D eigenvalue weighted by molar-refractivity contribution is -0.121. The highest BCUT2D eigenvalue weighted by Crippen LogP contribution is 2.33. The van der Waals surface area contributed by atoms with Gasteiger partial charge in [0.15, 0.2) is 5.13 Å². The Kier molecular flexibility index (Phi) is 5.58. The summed E-state index contributed by atoms with van der Waals surface area (Å²) in [7, 11) is 0. The van der Waals surface area contributed by atoms with Crippen LogP contribution in [0.25, 0.3) is 0 Å². The van der Waals surface area contributed by atoms with Crippen molar-refractivity contribution in [2.75, 3.05) is 5.32 Å². The predicted octanol–water partition coefficient (Wildman–Crippen LogP) is 4.70. The molecular weight excluding hydrogens is 268 g/mol. The summed E-state index contributed by atoms with van der Waals surface area (Å²) in [6, 6.07) is 0. The van der Waals surface area contributed by atoms with Crippen LogP contribution < -0.4 is 5.32 Å². The van der Waals surface area contributed by atoms with Crippen LogP contribution >= 0.6 is 11.3 Å². The van der Waals surface area contributed by atoms with Crippen LogP contribution in [-0.4, -0.2) is 10.9 Å². The van der Waals surface area contributed by atoms with Crippen LogP contribution in [0.1, 0.15) is 62.4 Å². The first-order chi connectivity index (χ1) is 9.60. The van der Waals surface area contributed by atoms with Gasteiger partial charge in [-0.25, -0.2) is 4.98 Å². The molecule has 0 unspecified atom stereocenters. The number of aromatic nitrogens is 1. The minimum atomic E-state index is 0.174. The number of hydrogen-bond acceptors (Lipinski definition) is 3. The Bertz CT molecular complexity index is 428. The zero-order valence-corrected chi connectivity index (χ0v) is 13.7. The molecule has 0 aliphatic heterocycles. The minimum absolute atomic E-state index is 0.174. The number of hydrogen-bond donors (Lipinski definition) is 1. The first-order valence-corrected chi connectivity index (χ1v) is 8.66. The van der Waals surface area contributed by atoms with Gasteiger partial charge in [0, 0.05) is 10.8 Å². The highest BCUT2D eigenvalue weighted by Gasteiger charge is 2.26. The second-order valence-corrected chi connectivity index (χ2v) is 7.21. The molecule has 1 aliphatic carbocycles. The van der Waals surface area contributed by atoms with E-state index in [1.807, 2.05) is 13.8 Å². The smallest absolute Gasteiger partial charge is 0.229 e. The number of thiazole rings is 1. The van der Waals surface area contributed by atoms with Crippen LogP contribution in [0.2, 0.25) is 0 Å². The van der Waals surface area contributed by atoms with Crippen LogP contribution in [0.3, 0.4) is 0 Å². The molecule has 4 heteroatoms. The molecule has 0 radical (unpaired) electrons. The highest BCUT2D eigenvalue weighted by molar-refractivity contribution is 7.15.